The molecule has 88 valence electrons. The van der Waals surface area contributed by atoms with Crippen LogP contribution in [0, 0.1) is 0 Å². The molecule has 4 nitrogen and oxygen atoms in total. The summed E-state index contributed by atoms with van der Waals surface area (Å²) >= 11 is 4.88. The lowest BCUT2D eigenvalue weighted by atomic mass is 10.1. The number of anilines is 1. The molecule has 1 aromatic rings. The number of aromatic nitrogens is 1. The van der Waals surface area contributed by atoms with Crippen LogP contribution < -0.4 is 11.1 Å². The fourth-order valence-corrected chi connectivity index (χ4v) is 1.54. The van der Waals surface area contributed by atoms with E-state index in [-0.39, 0.29) is 5.54 Å². The van der Waals surface area contributed by atoms with Crippen LogP contribution in [0.3, 0.4) is 0 Å². The lowest BCUT2D eigenvalue weighted by Gasteiger charge is -2.26. The highest BCUT2D eigenvalue weighted by molar-refractivity contribution is 7.80. The SMILES string of the molecule is COCC(C)(C)Nc1ccnc(C(N)=S)c1. The molecule has 1 heterocycles. The average Bonchev–Trinajstić information content (AvgIpc) is 2.17. The molecule has 0 atom stereocenters. The highest BCUT2D eigenvalue weighted by atomic mass is 32.1. The van der Waals surface area contributed by atoms with Crippen molar-refractivity contribution in [2.75, 3.05) is 19.0 Å². The largest absolute Gasteiger partial charge is 0.388 e. The van der Waals surface area contributed by atoms with Gasteiger partial charge in [-0.3, -0.25) is 4.98 Å². The van der Waals surface area contributed by atoms with Gasteiger partial charge in [-0.2, -0.15) is 0 Å². The molecule has 3 N–H and O–H groups in total. The summed E-state index contributed by atoms with van der Waals surface area (Å²) in [5.74, 6) is 0. The predicted molar refractivity (Wildman–Crippen MR) is 69.7 cm³/mol. The molecule has 5 heteroatoms. The van der Waals surface area contributed by atoms with Crippen molar-refractivity contribution in [1.82, 2.24) is 4.98 Å². The second-order valence-corrected chi connectivity index (χ2v) is 4.68. The van der Waals surface area contributed by atoms with Gasteiger partial charge in [-0.05, 0) is 26.0 Å². The molecule has 0 aliphatic rings. The molecule has 1 rings (SSSR count). The Morgan fingerprint density at radius 1 is 1.62 bits per heavy atom. The van der Waals surface area contributed by atoms with Gasteiger partial charge in [-0.1, -0.05) is 12.2 Å². The van der Waals surface area contributed by atoms with Crippen molar-refractivity contribution >= 4 is 22.9 Å². The standard InChI is InChI=1S/C11H17N3OS/c1-11(2,7-15-3)14-8-4-5-13-9(6-8)10(12)16/h4-6H,7H2,1-3H3,(H2,12,16)(H,13,14). The van der Waals surface area contributed by atoms with E-state index >= 15 is 0 Å². The van der Waals surface area contributed by atoms with Gasteiger partial charge < -0.3 is 15.8 Å². The van der Waals surface area contributed by atoms with Gasteiger partial charge in [0, 0.05) is 19.0 Å². The number of rotatable bonds is 5. The Hall–Kier alpha value is -1.20. The van der Waals surface area contributed by atoms with Crippen LogP contribution >= 0.6 is 12.2 Å². The number of nitrogens with one attached hydrogen (secondary N) is 1. The monoisotopic (exact) mass is 239 g/mol. The molecule has 0 spiro atoms. The van der Waals surface area contributed by atoms with Crippen LogP contribution in [-0.4, -0.2) is 29.2 Å². The highest BCUT2D eigenvalue weighted by Gasteiger charge is 2.17. The van der Waals surface area contributed by atoms with Crippen LogP contribution in [0.25, 0.3) is 0 Å². The summed E-state index contributed by atoms with van der Waals surface area (Å²) in [6.07, 6.45) is 1.68. The maximum absolute atomic E-state index is 5.52. The molecule has 0 saturated carbocycles. The molecule has 0 aromatic carbocycles. The van der Waals surface area contributed by atoms with Crippen LogP contribution in [0.2, 0.25) is 0 Å². The molecule has 0 bridgehead atoms. The molecule has 0 fully saturated rings. The number of pyridine rings is 1. The Bertz CT molecular complexity index is 379. The number of ether oxygens (including phenoxy) is 1. The Morgan fingerprint density at radius 2 is 2.31 bits per heavy atom. The number of nitrogens with zero attached hydrogens (tertiary/aromatic N) is 1. The van der Waals surface area contributed by atoms with Gasteiger partial charge in [0.25, 0.3) is 0 Å². The van der Waals surface area contributed by atoms with E-state index in [1.54, 1.807) is 13.3 Å². The quantitative estimate of drug-likeness (QED) is 0.763. The minimum absolute atomic E-state index is 0.149. The zero-order valence-electron chi connectivity index (χ0n) is 9.78. The summed E-state index contributed by atoms with van der Waals surface area (Å²) in [4.78, 5) is 4.38. The van der Waals surface area contributed by atoms with Crippen LogP contribution in [0.4, 0.5) is 5.69 Å². The Labute approximate surface area is 101 Å². The summed E-state index contributed by atoms with van der Waals surface area (Å²) in [5.41, 5.74) is 6.92. The Kier molecular flexibility index (Phi) is 4.20. The first-order chi connectivity index (χ1) is 7.44. The van der Waals surface area contributed by atoms with Gasteiger partial charge >= 0.3 is 0 Å². The van der Waals surface area contributed by atoms with E-state index in [0.717, 1.165) is 5.69 Å². The van der Waals surface area contributed by atoms with E-state index in [1.807, 2.05) is 12.1 Å². The smallest absolute Gasteiger partial charge is 0.122 e. The second-order valence-electron chi connectivity index (χ2n) is 4.24. The number of thiocarbonyl (C=S) groups is 1. The van der Waals surface area contributed by atoms with E-state index in [4.69, 9.17) is 22.7 Å². The molecular weight excluding hydrogens is 222 g/mol. The highest BCUT2D eigenvalue weighted by Crippen LogP contribution is 2.15. The third-order valence-corrected chi connectivity index (χ3v) is 2.21. The number of hydrogen-bond acceptors (Lipinski definition) is 4. The van der Waals surface area contributed by atoms with Crippen LogP contribution in [0.5, 0.6) is 0 Å². The third kappa shape index (κ3) is 3.75. The lowest BCUT2D eigenvalue weighted by Crippen LogP contribution is -2.35. The fraction of sp³-hybridized carbons (Fsp3) is 0.455. The maximum atomic E-state index is 5.52. The minimum Gasteiger partial charge on any atom is -0.388 e. The summed E-state index contributed by atoms with van der Waals surface area (Å²) in [7, 11) is 1.68. The van der Waals surface area contributed by atoms with Gasteiger partial charge in [0.2, 0.25) is 0 Å². The molecule has 0 saturated heterocycles. The second kappa shape index (κ2) is 5.23. The van der Waals surface area contributed by atoms with Gasteiger partial charge in [0.1, 0.15) is 4.99 Å². The normalized spacial score (nSPS) is 11.2. The van der Waals surface area contributed by atoms with E-state index in [2.05, 4.69) is 24.1 Å². The molecule has 16 heavy (non-hydrogen) atoms. The zero-order valence-corrected chi connectivity index (χ0v) is 10.6. The van der Waals surface area contributed by atoms with Crippen molar-refractivity contribution in [3.05, 3.63) is 24.0 Å². The van der Waals surface area contributed by atoms with Crippen molar-refractivity contribution < 1.29 is 4.74 Å². The van der Waals surface area contributed by atoms with Gasteiger partial charge in [-0.25, -0.2) is 0 Å². The predicted octanol–water partition coefficient (Wildman–Crippen LogP) is 1.55. The molecular formula is C11H17N3OS. The van der Waals surface area contributed by atoms with E-state index in [1.165, 1.54) is 0 Å². The van der Waals surface area contributed by atoms with Gasteiger partial charge in [-0.15, -0.1) is 0 Å². The Morgan fingerprint density at radius 3 is 2.88 bits per heavy atom. The van der Waals surface area contributed by atoms with Crippen molar-refractivity contribution in [2.45, 2.75) is 19.4 Å². The molecule has 0 radical (unpaired) electrons. The number of methoxy groups -OCH3 is 1. The molecule has 0 unspecified atom stereocenters. The average molecular weight is 239 g/mol. The van der Waals surface area contributed by atoms with Crippen LogP contribution in [0.15, 0.2) is 18.3 Å². The number of hydrogen-bond donors (Lipinski definition) is 2. The zero-order chi connectivity index (χ0) is 12.2. The molecule has 0 aliphatic heterocycles. The van der Waals surface area contributed by atoms with Gasteiger partial charge in [0.05, 0.1) is 17.8 Å². The van der Waals surface area contributed by atoms with Crippen molar-refractivity contribution in [3.63, 3.8) is 0 Å². The van der Waals surface area contributed by atoms with E-state index in [0.29, 0.717) is 17.3 Å². The van der Waals surface area contributed by atoms with Crippen LogP contribution in [-0.2, 0) is 4.74 Å². The summed E-state index contributed by atoms with van der Waals surface area (Å²) in [5, 5.41) is 3.33. The number of nitrogens with two attached hydrogens (primary N) is 1. The summed E-state index contributed by atoms with van der Waals surface area (Å²) in [6, 6.07) is 3.71. The Balaban J connectivity index is 2.81. The molecule has 1 aromatic heterocycles. The van der Waals surface area contributed by atoms with E-state index in [9.17, 15) is 0 Å². The lowest BCUT2D eigenvalue weighted by molar-refractivity contribution is 0.158. The van der Waals surface area contributed by atoms with Crippen molar-refractivity contribution in [3.8, 4) is 0 Å². The first-order valence-corrected chi connectivity index (χ1v) is 5.38. The fourth-order valence-electron chi connectivity index (χ4n) is 1.43. The summed E-state index contributed by atoms with van der Waals surface area (Å²) in [6.45, 7) is 4.71. The minimum atomic E-state index is -0.149. The third-order valence-electron chi connectivity index (χ3n) is 2.00. The first kappa shape index (κ1) is 12.9. The molecule has 0 amide bonds. The topological polar surface area (TPSA) is 60.2 Å². The van der Waals surface area contributed by atoms with Crippen molar-refractivity contribution in [1.29, 1.82) is 0 Å². The first-order valence-electron chi connectivity index (χ1n) is 4.97. The van der Waals surface area contributed by atoms with Gasteiger partial charge in [0.15, 0.2) is 0 Å². The maximum Gasteiger partial charge on any atom is 0.122 e. The van der Waals surface area contributed by atoms with Crippen molar-refractivity contribution in [2.24, 2.45) is 5.73 Å². The van der Waals surface area contributed by atoms with E-state index < -0.39 is 0 Å². The van der Waals surface area contributed by atoms with Crippen LogP contribution in [0.1, 0.15) is 19.5 Å². The summed E-state index contributed by atoms with van der Waals surface area (Å²) < 4.78 is 5.13. The molecule has 0 aliphatic carbocycles.